The van der Waals surface area contributed by atoms with Crippen LogP contribution in [0.15, 0.2) is 9.95 Å². The lowest BCUT2D eigenvalue weighted by Crippen LogP contribution is -2.24. The molecule has 0 radical (unpaired) electrons. The zero-order valence-corrected chi connectivity index (χ0v) is 17.2. The molecule has 2 heterocycles. The van der Waals surface area contributed by atoms with Crippen LogP contribution in [0, 0.1) is 0 Å². The van der Waals surface area contributed by atoms with E-state index in [9.17, 15) is 13.2 Å². The monoisotopic (exact) mass is 400 g/mol. The summed E-state index contributed by atoms with van der Waals surface area (Å²) in [5.74, 6) is 0.525. The normalized spacial score (nSPS) is 14.3. The summed E-state index contributed by atoms with van der Waals surface area (Å²) in [4.78, 5) is 20.0. The smallest absolute Gasteiger partial charge is 0.263 e. The summed E-state index contributed by atoms with van der Waals surface area (Å²) in [7, 11) is -3.01. The van der Waals surface area contributed by atoms with Crippen molar-refractivity contribution in [1.29, 1.82) is 0 Å². The molecule has 0 saturated heterocycles. The van der Waals surface area contributed by atoms with Gasteiger partial charge >= 0.3 is 0 Å². The van der Waals surface area contributed by atoms with Crippen LogP contribution in [0.1, 0.15) is 43.0 Å². The van der Waals surface area contributed by atoms with Crippen molar-refractivity contribution < 1.29 is 8.42 Å². The number of thiophene rings is 1. The highest BCUT2D eigenvalue weighted by Crippen LogP contribution is 2.35. The molecule has 0 bridgehead atoms. The van der Waals surface area contributed by atoms with Gasteiger partial charge in [0.15, 0.2) is 5.16 Å². The topological polar surface area (TPSA) is 69.0 Å². The number of hydrogen-bond acceptors (Lipinski definition) is 6. The lowest BCUT2D eigenvalue weighted by Gasteiger charge is -2.12. The summed E-state index contributed by atoms with van der Waals surface area (Å²) in [5, 5.41) is 1.47. The van der Waals surface area contributed by atoms with Crippen LogP contribution in [-0.2, 0) is 29.2 Å². The first-order valence-electron chi connectivity index (χ1n) is 8.76. The number of hydrogen-bond donors (Lipinski definition) is 0. The molecular formula is C17H24N2O3S3. The van der Waals surface area contributed by atoms with E-state index in [4.69, 9.17) is 4.98 Å². The second kappa shape index (κ2) is 7.80. The molecule has 0 aromatic carbocycles. The van der Waals surface area contributed by atoms with E-state index in [1.165, 1.54) is 28.5 Å². The standard InChI is InChI=1S/C17H24N2O3S3/c1-3-4-5-9-19-16(20)14-12-7-6-8-13(12)24-15(14)18-17(19)23-10-11-25(2,21)22/h3-11H2,1-2H3. The summed E-state index contributed by atoms with van der Waals surface area (Å²) in [6.07, 6.45) is 7.48. The minimum atomic E-state index is -3.01. The molecule has 0 fully saturated rings. The van der Waals surface area contributed by atoms with Gasteiger partial charge in [0.2, 0.25) is 0 Å². The van der Waals surface area contributed by atoms with Crippen LogP contribution in [0.5, 0.6) is 0 Å². The second-order valence-electron chi connectivity index (χ2n) is 6.57. The first-order valence-corrected chi connectivity index (χ1v) is 12.6. The van der Waals surface area contributed by atoms with E-state index < -0.39 is 9.84 Å². The van der Waals surface area contributed by atoms with Crippen molar-refractivity contribution in [2.75, 3.05) is 17.8 Å². The van der Waals surface area contributed by atoms with Crippen LogP contribution in [0.3, 0.4) is 0 Å². The third kappa shape index (κ3) is 4.28. The molecule has 2 aromatic heterocycles. The number of sulfone groups is 1. The Morgan fingerprint density at radius 3 is 2.80 bits per heavy atom. The van der Waals surface area contributed by atoms with E-state index in [1.807, 2.05) is 0 Å². The van der Waals surface area contributed by atoms with Gasteiger partial charge in [0.05, 0.1) is 11.1 Å². The SMILES string of the molecule is CCCCCn1c(SCCS(C)(=O)=O)nc2sc3c(c2c1=O)CCC3. The number of unbranched alkanes of at least 4 members (excludes halogenated alkanes) is 2. The lowest BCUT2D eigenvalue weighted by atomic mass is 10.2. The highest BCUT2D eigenvalue weighted by atomic mass is 32.2. The quantitative estimate of drug-likeness (QED) is 0.386. The molecule has 2 aromatic rings. The lowest BCUT2D eigenvalue weighted by molar-refractivity contribution is 0.542. The zero-order valence-electron chi connectivity index (χ0n) is 14.7. The maximum Gasteiger partial charge on any atom is 0.263 e. The van der Waals surface area contributed by atoms with Gasteiger partial charge in [-0.3, -0.25) is 9.36 Å². The van der Waals surface area contributed by atoms with Crippen molar-refractivity contribution in [2.24, 2.45) is 0 Å². The fraction of sp³-hybridized carbons (Fsp3) is 0.647. The Morgan fingerprint density at radius 2 is 2.08 bits per heavy atom. The van der Waals surface area contributed by atoms with Gasteiger partial charge < -0.3 is 0 Å². The van der Waals surface area contributed by atoms with Gasteiger partial charge in [-0.15, -0.1) is 11.3 Å². The molecule has 0 atom stereocenters. The van der Waals surface area contributed by atoms with E-state index in [0.717, 1.165) is 48.7 Å². The molecule has 3 rings (SSSR count). The number of thioether (sulfide) groups is 1. The molecule has 0 saturated carbocycles. The third-order valence-electron chi connectivity index (χ3n) is 4.46. The summed E-state index contributed by atoms with van der Waals surface area (Å²) < 4.78 is 24.6. The van der Waals surface area contributed by atoms with Crippen LogP contribution in [0.4, 0.5) is 0 Å². The van der Waals surface area contributed by atoms with Gasteiger partial charge in [-0.05, 0) is 31.2 Å². The van der Waals surface area contributed by atoms with Gasteiger partial charge in [0.25, 0.3) is 5.56 Å². The Balaban J connectivity index is 1.98. The fourth-order valence-corrected chi connectivity index (χ4v) is 6.69. The molecule has 0 spiro atoms. The Hall–Kier alpha value is -0.860. The molecule has 1 aliphatic carbocycles. The number of aromatic nitrogens is 2. The predicted octanol–water partition coefficient (Wildman–Crippen LogP) is 3.27. The van der Waals surface area contributed by atoms with Crippen LogP contribution in [0.25, 0.3) is 10.2 Å². The number of aryl methyl sites for hydroxylation is 2. The van der Waals surface area contributed by atoms with Gasteiger partial charge in [-0.25, -0.2) is 13.4 Å². The minimum Gasteiger partial charge on any atom is -0.287 e. The van der Waals surface area contributed by atoms with Gasteiger partial charge in [-0.1, -0.05) is 31.5 Å². The van der Waals surface area contributed by atoms with E-state index in [1.54, 1.807) is 15.9 Å². The summed E-state index contributed by atoms with van der Waals surface area (Å²) in [6, 6.07) is 0. The molecule has 138 valence electrons. The summed E-state index contributed by atoms with van der Waals surface area (Å²) in [5.41, 5.74) is 1.26. The van der Waals surface area contributed by atoms with E-state index in [-0.39, 0.29) is 11.3 Å². The van der Waals surface area contributed by atoms with Crippen molar-refractivity contribution >= 4 is 43.2 Å². The van der Waals surface area contributed by atoms with Crippen LogP contribution < -0.4 is 5.56 Å². The van der Waals surface area contributed by atoms with E-state index in [2.05, 4.69) is 6.92 Å². The number of rotatable bonds is 8. The van der Waals surface area contributed by atoms with Crippen molar-refractivity contribution in [3.8, 4) is 0 Å². The first kappa shape index (κ1) is 18.9. The maximum atomic E-state index is 13.1. The van der Waals surface area contributed by atoms with Crippen LogP contribution in [-0.4, -0.2) is 35.7 Å². The number of fused-ring (bicyclic) bond motifs is 3. The molecule has 0 N–H and O–H groups in total. The second-order valence-corrected chi connectivity index (χ2v) is 11.0. The molecule has 0 unspecified atom stereocenters. The Morgan fingerprint density at radius 1 is 1.28 bits per heavy atom. The predicted molar refractivity (Wildman–Crippen MR) is 106 cm³/mol. The average molecular weight is 401 g/mol. The Labute approximate surface area is 156 Å². The van der Waals surface area contributed by atoms with Crippen LogP contribution in [0.2, 0.25) is 0 Å². The maximum absolute atomic E-state index is 13.1. The summed E-state index contributed by atoms with van der Waals surface area (Å²) >= 11 is 3.02. The molecular weight excluding hydrogens is 376 g/mol. The highest BCUT2D eigenvalue weighted by Gasteiger charge is 2.23. The van der Waals surface area contributed by atoms with Crippen molar-refractivity contribution in [1.82, 2.24) is 9.55 Å². The number of nitrogens with zero attached hydrogens (tertiary/aromatic N) is 2. The molecule has 0 amide bonds. The molecule has 25 heavy (non-hydrogen) atoms. The Kier molecular flexibility index (Phi) is 5.90. The third-order valence-corrected chi connectivity index (χ3v) is 7.83. The molecule has 5 nitrogen and oxygen atoms in total. The molecule has 0 aliphatic heterocycles. The molecule has 1 aliphatic rings. The van der Waals surface area contributed by atoms with Crippen LogP contribution >= 0.6 is 23.1 Å². The summed E-state index contributed by atoms with van der Waals surface area (Å²) in [6.45, 7) is 2.79. The van der Waals surface area contributed by atoms with Crippen molar-refractivity contribution in [3.05, 3.63) is 20.8 Å². The van der Waals surface area contributed by atoms with Gasteiger partial charge in [-0.2, -0.15) is 0 Å². The van der Waals surface area contributed by atoms with E-state index in [0.29, 0.717) is 17.5 Å². The van der Waals surface area contributed by atoms with Gasteiger partial charge in [0, 0.05) is 23.4 Å². The van der Waals surface area contributed by atoms with Gasteiger partial charge in [0.1, 0.15) is 14.7 Å². The van der Waals surface area contributed by atoms with Crippen molar-refractivity contribution in [2.45, 2.75) is 57.1 Å². The molecule has 8 heteroatoms. The van der Waals surface area contributed by atoms with Crippen molar-refractivity contribution in [3.63, 3.8) is 0 Å². The zero-order chi connectivity index (χ0) is 18.0. The fourth-order valence-electron chi connectivity index (χ4n) is 3.17. The largest absolute Gasteiger partial charge is 0.287 e. The Bertz CT molecular complexity index is 929. The average Bonchev–Trinajstić information content (AvgIpc) is 3.09. The minimum absolute atomic E-state index is 0.0577. The van der Waals surface area contributed by atoms with E-state index >= 15 is 0 Å². The first-order chi connectivity index (χ1) is 11.9. The highest BCUT2D eigenvalue weighted by molar-refractivity contribution is 8.00.